The lowest BCUT2D eigenvalue weighted by Gasteiger charge is -2.21. The van der Waals surface area contributed by atoms with Crippen molar-refractivity contribution in [1.29, 1.82) is 0 Å². The van der Waals surface area contributed by atoms with Crippen LogP contribution in [0.25, 0.3) is 11.1 Å². The monoisotopic (exact) mass is 554 g/mol. The molecule has 210 valence electrons. The molecule has 3 N–H and O–H groups in total. The van der Waals surface area contributed by atoms with E-state index in [2.05, 4.69) is 22.8 Å². The van der Waals surface area contributed by atoms with E-state index in [0.717, 1.165) is 27.8 Å². The quantitative estimate of drug-likeness (QED) is 0.235. The van der Waals surface area contributed by atoms with E-state index in [1.165, 1.54) is 12.1 Å². The number of amides is 2. The van der Waals surface area contributed by atoms with Crippen molar-refractivity contribution >= 4 is 18.0 Å². The molecule has 5 rings (SSSR count). The summed E-state index contributed by atoms with van der Waals surface area (Å²) in [6, 6.07) is 27.1. The highest BCUT2D eigenvalue weighted by atomic mass is 16.5. The molecule has 1 aliphatic rings. The molecule has 0 aliphatic heterocycles. The van der Waals surface area contributed by atoms with Gasteiger partial charge in [-0.25, -0.2) is 9.59 Å². The summed E-state index contributed by atoms with van der Waals surface area (Å²) in [5.74, 6) is -1.78. The van der Waals surface area contributed by atoms with Gasteiger partial charge in [0.15, 0.2) is 11.8 Å². The summed E-state index contributed by atoms with van der Waals surface area (Å²) in [6.45, 7) is 1.94. The van der Waals surface area contributed by atoms with E-state index in [1.54, 1.807) is 6.92 Å². The molecule has 4 aromatic rings. The molecule has 1 aliphatic carbocycles. The number of furan rings is 1. The molecule has 9 nitrogen and oxygen atoms in total. The molecule has 0 unspecified atom stereocenters. The number of rotatable bonds is 11. The van der Waals surface area contributed by atoms with Crippen molar-refractivity contribution in [2.75, 3.05) is 6.61 Å². The lowest BCUT2D eigenvalue weighted by molar-refractivity contribution is -0.143. The molecular weight excluding hydrogens is 524 g/mol. The summed E-state index contributed by atoms with van der Waals surface area (Å²) in [4.78, 5) is 37.0. The van der Waals surface area contributed by atoms with Crippen LogP contribution in [0.1, 0.15) is 45.8 Å². The van der Waals surface area contributed by atoms with Gasteiger partial charge < -0.3 is 29.6 Å². The van der Waals surface area contributed by atoms with Gasteiger partial charge in [0, 0.05) is 5.92 Å². The van der Waals surface area contributed by atoms with E-state index in [4.69, 9.17) is 13.9 Å². The zero-order valence-electron chi connectivity index (χ0n) is 22.4. The Bertz CT molecular complexity index is 1490. The second-order valence-corrected chi connectivity index (χ2v) is 9.74. The van der Waals surface area contributed by atoms with Crippen molar-refractivity contribution in [3.8, 4) is 11.1 Å². The summed E-state index contributed by atoms with van der Waals surface area (Å²) in [7, 11) is 0. The fourth-order valence-electron chi connectivity index (χ4n) is 4.89. The van der Waals surface area contributed by atoms with Gasteiger partial charge in [-0.15, -0.1) is 0 Å². The Kier molecular flexibility index (Phi) is 8.45. The van der Waals surface area contributed by atoms with E-state index < -0.39 is 30.1 Å². The smallest absolute Gasteiger partial charge is 0.407 e. The lowest BCUT2D eigenvalue weighted by atomic mass is 9.98. The van der Waals surface area contributed by atoms with Crippen LogP contribution in [0.3, 0.4) is 0 Å². The Morgan fingerprint density at radius 3 is 2.17 bits per heavy atom. The first-order valence-corrected chi connectivity index (χ1v) is 13.3. The maximum Gasteiger partial charge on any atom is 0.407 e. The molecule has 2 atom stereocenters. The number of carbonyl (C=O) groups excluding carboxylic acids is 2. The minimum absolute atomic E-state index is 0.0110. The van der Waals surface area contributed by atoms with Crippen molar-refractivity contribution in [2.45, 2.75) is 38.1 Å². The van der Waals surface area contributed by atoms with Crippen molar-refractivity contribution in [3.63, 3.8) is 0 Å². The third-order valence-corrected chi connectivity index (χ3v) is 7.01. The van der Waals surface area contributed by atoms with Gasteiger partial charge in [0.25, 0.3) is 5.91 Å². The molecule has 41 heavy (non-hydrogen) atoms. The summed E-state index contributed by atoms with van der Waals surface area (Å²) in [6.07, 6.45) is -1.43. The summed E-state index contributed by atoms with van der Waals surface area (Å²) >= 11 is 0. The van der Waals surface area contributed by atoms with Crippen LogP contribution in [-0.2, 0) is 27.4 Å². The van der Waals surface area contributed by atoms with E-state index >= 15 is 0 Å². The van der Waals surface area contributed by atoms with E-state index in [0.29, 0.717) is 5.76 Å². The van der Waals surface area contributed by atoms with Gasteiger partial charge in [0.1, 0.15) is 12.4 Å². The molecule has 3 aromatic carbocycles. The number of nitrogens with one attached hydrogen (secondary N) is 2. The Morgan fingerprint density at radius 1 is 0.878 bits per heavy atom. The summed E-state index contributed by atoms with van der Waals surface area (Å²) in [5, 5.41) is 14.7. The fourth-order valence-corrected chi connectivity index (χ4v) is 4.89. The molecule has 2 amide bonds. The highest BCUT2D eigenvalue weighted by Crippen LogP contribution is 2.44. The zero-order valence-corrected chi connectivity index (χ0v) is 22.4. The Morgan fingerprint density at radius 2 is 1.51 bits per heavy atom. The number of carboxylic acids is 1. The predicted octanol–water partition coefficient (Wildman–Crippen LogP) is 5.11. The summed E-state index contributed by atoms with van der Waals surface area (Å²) in [5.41, 5.74) is 5.39. The number of alkyl carbamates (subject to hydrolysis) is 1. The number of fused-ring (bicyclic) bond motifs is 3. The number of ether oxygens (including phenoxy) is 2. The average Bonchev–Trinajstić information content (AvgIpc) is 3.60. The second kappa shape index (κ2) is 12.5. The van der Waals surface area contributed by atoms with Gasteiger partial charge in [-0.05, 0) is 46.9 Å². The molecule has 9 heteroatoms. The lowest BCUT2D eigenvalue weighted by Crippen LogP contribution is -2.48. The van der Waals surface area contributed by atoms with Crippen LogP contribution < -0.4 is 10.6 Å². The maximum absolute atomic E-state index is 12.7. The van der Waals surface area contributed by atoms with Crippen molar-refractivity contribution in [2.24, 2.45) is 0 Å². The molecule has 0 saturated heterocycles. The molecule has 1 heterocycles. The maximum atomic E-state index is 12.7. The number of hydrogen-bond donors (Lipinski definition) is 3. The third-order valence-electron chi connectivity index (χ3n) is 7.01. The van der Waals surface area contributed by atoms with E-state index in [1.807, 2.05) is 66.7 Å². The van der Waals surface area contributed by atoms with Gasteiger partial charge in [-0.2, -0.15) is 0 Å². The van der Waals surface area contributed by atoms with Crippen LogP contribution in [0.2, 0.25) is 0 Å². The number of hydrogen-bond acceptors (Lipinski definition) is 6. The Balaban J connectivity index is 1.11. The Hall–Kier alpha value is -4.89. The number of carbonyl (C=O) groups is 3. The number of aliphatic carboxylic acids is 1. The SMILES string of the molecule is C[C@H](OCc1ccccc1)[C@@H](NC(=O)c1ccc(CNC(=O)OCC2c3ccccc3-c3ccccc32)o1)C(=O)O. The largest absolute Gasteiger partial charge is 0.480 e. The van der Waals surface area contributed by atoms with Gasteiger partial charge >= 0.3 is 12.1 Å². The fraction of sp³-hybridized carbons (Fsp3) is 0.219. The number of carboxylic acid groups (broad SMARTS) is 1. The molecule has 0 radical (unpaired) electrons. The van der Waals surface area contributed by atoms with Crippen LogP contribution in [0.5, 0.6) is 0 Å². The van der Waals surface area contributed by atoms with Crippen LogP contribution in [-0.4, -0.2) is 41.8 Å². The topological polar surface area (TPSA) is 127 Å². The molecule has 1 aromatic heterocycles. The van der Waals surface area contributed by atoms with Gasteiger partial charge in [0.05, 0.1) is 19.3 Å². The first-order valence-electron chi connectivity index (χ1n) is 13.3. The number of benzene rings is 3. The Labute approximate surface area is 237 Å². The van der Waals surface area contributed by atoms with Gasteiger partial charge in [-0.1, -0.05) is 78.9 Å². The second-order valence-electron chi connectivity index (χ2n) is 9.74. The van der Waals surface area contributed by atoms with Gasteiger partial charge in [0.2, 0.25) is 0 Å². The minimum atomic E-state index is -1.29. The predicted molar refractivity (Wildman–Crippen MR) is 150 cm³/mol. The highest BCUT2D eigenvalue weighted by molar-refractivity contribution is 5.94. The van der Waals surface area contributed by atoms with Crippen LogP contribution >= 0.6 is 0 Å². The van der Waals surface area contributed by atoms with Crippen molar-refractivity contribution in [3.05, 3.63) is 119 Å². The van der Waals surface area contributed by atoms with Gasteiger partial charge in [-0.3, -0.25) is 4.79 Å². The van der Waals surface area contributed by atoms with Crippen molar-refractivity contribution in [1.82, 2.24) is 10.6 Å². The molecule has 0 spiro atoms. The standard InChI is InChI=1S/C32H30N2O7/c1-20(39-18-21-9-3-2-4-10-21)29(31(36)37)34-30(35)28-16-15-22(41-28)17-33-32(38)40-19-27-25-13-7-5-11-23(25)24-12-6-8-14-26(24)27/h2-16,20,27,29H,17-19H2,1H3,(H,33,38)(H,34,35)(H,36,37)/t20-,29+/m0/s1. The molecule has 0 fully saturated rings. The first kappa shape index (κ1) is 27.7. The molecular formula is C32H30N2O7. The third kappa shape index (κ3) is 6.47. The van der Waals surface area contributed by atoms with E-state index in [-0.39, 0.29) is 31.4 Å². The van der Waals surface area contributed by atoms with Crippen LogP contribution in [0.15, 0.2) is 95.4 Å². The highest BCUT2D eigenvalue weighted by Gasteiger charge is 2.30. The van der Waals surface area contributed by atoms with E-state index in [9.17, 15) is 19.5 Å². The van der Waals surface area contributed by atoms with Crippen LogP contribution in [0, 0.1) is 0 Å². The zero-order chi connectivity index (χ0) is 28.8. The molecule has 0 bridgehead atoms. The first-order chi connectivity index (χ1) is 19.9. The average molecular weight is 555 g/mol. The molecule has 0 saturated carbocycles. The van der Waals surface area contributed by atoms with Crippen LogP contribution in [0.4, 0.5) is 4.79 Å². The van der Waals surface area contributed by atoms with Crippen molar-refractivity contribution < 1.29 is 33.4 Å². The normalized spacial score (nSPS) is 13.5. The summed E-state index contributed by atoms with van der Waals surface area (Å²) < 4.78 is 16.7. The minimum Gasteiger partial charge on any atom is -0.480 e.